The average molecular weight is 530 g/mol. The maximum absolute atomic E-state index is 13.8. The Bertz CT molecular complexity index is 1460. The molecule has 4 heterocycles. The summed E-state index contributed by atoms with van der Waals surface area (Å²) in [6.07, 6.45) is 4.12. The van der Waals surface area contributed by atoms with Gasteiger partial charge in [0.25, 0.3) is 5.91 Å². The second-order valence-electron chi connectivity index (χ2n) is 10.4. The lowest BCUT2D eigenvalue weighted by Crippen LogP contribution is -2.35. The largest absolute Gasteiger partial charge is 0.493 e. The smallest absolute Gasteiger partial charge is 0.254 e. The Hall–Kier alpha value is -3.56. The van der Waals surface area contributed by atoms with E-state index in [0.717, 1.165) is 53.1 Å². The number of aryl methyl sites for hydroxylation is 1. The number of aromatic nitrogens is 3. The van der Waals surface area contributed by atoms with Crippen LogP contribution in [0.2, 0.25) is 0 Å². The minimum Gasteiger partial charge on any atom is -0.493 e. The zero-order valence-corrected chi connectivity index (χ0v) is 22.5. The molecule has 2 aliphatic heterocycles. The van der Waals surface area contributed by atoms with Crippen LogP contribution in [0, 0.1) is 6.92 Å². The normalized spacial score (nSPS) is 18.6. The number of carbonyl (C=O) groups is 1. The summed E-state index contributed by atoms with van der Waals surface area (Å²) in [5, 5.41) is 11.7. The summed E-state index contributed by atoms with van der Waals surface area (Å²) < 4.78 is 12.2. The van der Waals surface area contributed by atoms with Crippen LogP contribution in [0.1, 0.15) is 70.3 Å². The molecule has 0 unspecified atom stereocenters. The first-order valence-corrected chi connectivity index (χ1v) is 14.0. The van der Waals surface area contributed by atoms with Gasteiger partial charge in [-0.05, 0) is 63.6 Å². The van der Waals surface area contributed by atoms with E-state index in [1.807, 2.05) is 66.6 Å². The van der Waals surface area contributed by atoms with Crippen LogP contribution in [0.5, 0.6) is 5.75 Å². The van der Waals surface area contributed by atoms with Gasteiger partial charge >= 0.3 is 0 Å². The third-order valence-electron chi connectivity index (χ3n) is 7.28. The van der Waals surface area contributed by atoms with Crippen LogP contribution in [0.25, 0.3) is 11.5 Å². The van der Waals surface area contributed by atoms with Crippen molar-refractivity contribution in [3.05, 3.63) is 81.1 Å². The molecule has 0 saturated carbocycles. The van der Waals surface area contributed by atoms with E-state index in [1.54, 1.807) is 11.3 Å². The van der Waals surface area contributed by atoms with Gasteiger partial charge in [0.1, 0.15) is 10.8 Å². The van der Waals surface area contributed by atoms with Crippen LogP contribution in [-0.4, -0.2) is 39.1 Å². The highest BCUT2D eigenvalue weighted by atomic mass is 32.1. The molecule has 1 saturated heterocycles. The van der Waals surface area contributed by atoms with E-state index in [1.165, 1.54) is 0 Å². The molecule has 2 aliphatic rings. The highest BCUT2D eigenvalue weighted by molar-refractivity contribution is 7.09. The molecule has 6 rings (SSSR count). The number of benzene rings is 2. The lowest BCUT2D eigenvalue weighted by Gasteiger charge is -2.25. The Morgan fingerprint density at radius 3 is 2.84 bits per heavy atom. The maximum Gasteiger partial charge on any atom is 0.254 e. The van der Waals surface area contributed by atoms with Crippen LogP contribution in [0.3, 0.4) is 0 Å². The minimum absolute atomic E-state index is 0.00691. The van der Waals surface area contributed by atoms with Crippen molar-refractivity contribution in [2.45, 2.75) is 57.5 Å². The van der Waals surface area contributed by atoms with E-state index in [9.17, 15) is 4.79 Å². The van der Waals surface area contributed by atoms with Gasteiger partial charge in [0.15, 0.2) is 0 Å². The molecular formula is C29H31N5O3S. The van der Waals surface area contributed by atoms with Crippen LogP contribution >= 0.6 is 11.3 Å². The van der Waals surface area contributed by atoms with Gasteiger partial charge in [-0.1, -0.05) is 30.3 Å². The first-order chi connectivity index (χ1) is 18.4. The number of ether oxygens (including phenoxy) is 1. The number of hydrogen-bond donors (Lipinski definition) is 1. The van der Waals surface area contributed by atoms with Crippen LogP contribution in [-0.2, 0) is 18.4 Å². The predicted octanol–water partition coefficient (Wildman–Crippen LogP) is 5.22. The fourth-order valence-corrected chi connectivity index (χ4v) is 6.34. The molecule has 2 aromatic carbocycles. The summed E-state index contributed by atoms with van der Waals surface area (Å²) >= 11 is 1.62. The van der Waals surface area contributed by atoms with Crippen molar-refractivity contribution < 1.29 is 13.9 Å². The zero-order chi connectivity index (χ0) is 26.3. The van der Waals surface area contributed by atoms with E-state index < -0.39 is 5.54 Å². The lowest BCUT2D eigenvalue weighted by molar-refractivity contribution is 0.0735. The van der Waals surface area contributed by atoms with Crippen LogP contribution in [0.15, 0.2) is 52.3 Å². The van der Waals surface area contributed by atoms with Crippen LogP contribution < -0.4 is 10.5 Å². The van der Waals surface area contributed by atoms with Gasteiger partial charge in [-0.3, -0.25) is 4.79 Å². The van der Waals surface area contributed by atoms with Gasteiger partial charge in [-0.2, -0.15) is 0 Å². The summed E-state index contributed by atoms with van der Waals surface area (Å²) in [4.78, 5) is 20.4. The third-order valence-corrected chi connectivity index (χ3v) is 8.34. The van der Waals surface area contributed by atoms with Gasteiger partial charge in [0, 0.05) is 34.3 Å². The molecule has 9 heteroatoms. The van der Waals surface area contributed by atoms with Crippen molar-refractivity contribution in [1.29, 1.82) is 0 Å². The highest BCUT2D eigenvalue weighted by Gasteiger charge is 2.34. The molecule has 2 aromatic heterocycles. The van der Waals surface area contributed by atoms with E-state index >= 15 is 0 Å². The topological polar surface area (TPSA) is 107 Å². The molecule has 0 radical (unpaired) electrons. The molecule has 2 N–H and O–H groups in total. The first-order valence-electron chi connectivity index (χ1n) is 13.1. The number of likely N-dealkylation sites (tertiary alicyclic amines) is 1. The Morgan fingerprint density at radius 1 is 1.21 bits per heavy atom. The fraction of sp³-hybridized carbons (Fsp3) is 0.379. The third kappa shape index (κ3) is 4.72. The molecule has 0 aliphatic carbocycles. The van der Waals surface area contributed by atoms with Crippen molar-refractivity contribution in [3.63, 3.8) is 0 Å². The SMILES string of the molecule is Cc1csc([C@H]2CCCN2C(=O)c2cc3c(c(-c4nnc([C@](C)(N)Cc5ccccc5)o4)c2)CCCO3)n1. The highest BCUT2D eigenvalue weighted by Crippen LogP contribution is 2.39. The first kappa shape index (κ1) is 24.8. The minimum atomic E-state index is -0.842. The standard InChI is InChI=1S/C29H31N5O3S/c1-18-17-38-26(31-18)23-11-6-12-34(23)27(35)20-14-22(21-10-7-13-36-24(21)15-20)25-32-33-28(37-25)29(2,30)16-19-8-4-3-5-9-19/h3-5,8-9,14-15,17,23H,6-7,10-13,16,30H2,1-2H3/t23-,29-/m1/s1. The maximum atomic E-state index is 13.8. The summed E-state index contributed by atoms with van der Waals surface area (Å²) in [6.45, 7) is 5.19. The number of hydrogen-bond acceptors (Lipinski definition) is 8. The molecule has 2 atom stereocenters. The molecule has 4 aromatic rings. The molecular weight excluding hydrogens is 498 g/mol. The van der Waals surface area contributed by atoms with Crippen molar-refractivity contribution in [3.8, 4) is 17.2 Å². The Kier molecular flexibility index (Phi) is 6.49. The molecule has 1 fully saturated rings. The monoisotopic (exact) mass is 529 g/mol. The molecule has 38 heavy (non-hydrogen) atoms. The van der Waals surface area contributed by atoms with Gasteiger partial charge in [0.05, 0.1) is 18.2 Å². The Labute approximate surface area is 225 Å². The van der Waals surface area contributed by atoms with E-state index in [-0.39, 0.29) is 11.9 Å². The Balaban J connectivity index is 1.34. The molecule has 0 bridgehead atoms. The predicted molar refractivity (Wildman–Crippen MR) is 145 cm³/mol. The second-order valence-corrected chi connectivity index (χ2v) is 11.3. The fourth-order valence-electron chi connectivity index (χ4n) is 5.39. The molecule has 0 spiro atoms. The molecule has 8 nitrogen and oxygen atoms in total. The van der Waals surface area contributed by atoms with E-state index in [0.29, 0.717) is 42.7 Å². The Morgan fingerprint density at radius 2 is 2.05 bits per heavy atom. The van der Waals surface area contributed by atoms with Crippen LogP contribution in [0.4, 0.5) is 0 Å². The number of nitrogens with two attached hydrogens (primary N) is 1. The van der Waals surface area contributed by atoms with Gasteiger partial charge in [-0.15, -0.1) is 21.5 Å². The zero-order valence-electron chi connectivity index (χ0n) is 21.6. The molecule has 196 valence electrons. The molecule has 1 amide bonds. The van der Waals surface area contributed by atoms with Gasteiger partial charge in [0.2, 0.25) is 11.8 Å². The van der Waals surface area contributed by atoms with Crippen molar-refractivity contribution in [2.24, 2.45) is 5.73 Å². The van der Waals surface area contributed by atoms with E-state index in [4.69, 9.17) is 14.9 Å². The average Bonchev–Trinajstić information content (AvgIpc) is 3.69. The summed E-state index contributed by atoms with van der Waals surface area (Å²) in [6, 6.07) is 13.7. The number of carbonyl (C=O) groups excluding carboxylic acids is 1. The van der Waals surface area contributed by atoms with Crippen molar-refractivity contribution in [2.75, 3.05) is 13.2 Å². The number of nitrogens with zero attached hydrogens (tertiary/aromatic N) is 4. The summed E-state index contributed by atoms with van der Waals surface area (Å²) in [5.74, 6) is 1.38. The quantitative estimate of drug-likeness (QED) is 0.365. The number of fused-ring (bicyclic) bond motifs is 1. The number of amides is 1. The van der Waals surface area contributed by atoms with Crippen molar-refractivity contribution in [1.82, 2.24) is 20.1 Å². The number of thiazole rings is 1. The lowest BCUT2D eigenvalue weighted by atomic mass is 9.94. The van der Waals surface area contributed by atoms with Gasteiger partial charge < -0.3 is 19.8 Å². The number of rotatable bonds is 6. The van der Waals surface area contributed by atoms with Crippen molar-refractivity contribution >= 4 is 17.2 Å². The second kappa shape index (κ2) is 9.96. The van der Waals surface area contributed by atoms with Gasteiger partial charge in [-0.25, -0.2) is 4.98 Å². The summed E-state index contributed by atoms with van der Waals surface area (Å²) in [5.41, 5.74) is 10.2. The summed E-state index contributed by atoms with van der Waals surface area (Å²) in [7, 11) is 0. The van der Waals surface area contributed by atoms with E-state index in [2.05, 4.69) is 15.2 Å².